The van der Waals surface area contributed by atoms with E-state index < -0.39 is 5.54 Å². The number of rotatable bonds is 2. The Bertz CT molecular complexity index is 905. The van der Waals surface area contributed by atoms with Crippen LogP contribution in [0.3, 0.4) is 0 Å². The summed E-state index contributed by atoms with van der Waals surface area (Å²) < 4.78 is 0. The zero-order valence-electron chi connectivity index (χ0n) is 13.6. The van der Waals surface area contributed by atoms with E-state index in [1.165, 1.54) is 5.56 Å². The van der Waals surface area contributed by atoms with Crippen molar-refractivity contribution in [2.45, 2.75) is 23.9 Å². The first-order chi connectivity index (χ1) is 12.4. The number of H-pyrrole nitrogens is 1. The van der Waals surface area contributed by atoms with E-state index in [4.69, 9.17) is 4.99 Å². The lowest BCUT2D eigenvalue weighted by molar-refractivity contribution is 0.222. The molecule has 0 bridgehead atoms. The Kier molecular flexibility index (Phi) is 3.24. The summed E-state index contributed by atoms with van der Waals surface area (Å²) in [5.74, 6) is 0.780. The van der Waals surface area contributed by atoms with E-state index in [0.29, 0.717) is 5.82 Å². The van der Waals surface area contributed by atoms with Crippen LogP contribution >= 0.6 is 0 Å². The average Bonchev–Trinajstić information content (AvgIpc) is 3.23. The largest absolute Gasteiger partial charge is 0.300 e. The standard InChI is InChI=1S/C19H18N6/c1-2-7-14(8-3-1)19(18-22-24-25-23-18)17-15-9-5-4-6-13(15)12-20-16(17)10-11-21-19/h1-9,12,16-17,21H,10-11H2,(H,22,23,24,25). The summed E-state index contributed by atoms with van der Waals surface area (Å²) in [5.41, 5.74) is 3.03. The normalized spacial score (nSPS) is 27.5. The maximum absolute atomic E-state index is 4.87. The molecular weight excluding hydrogens is 312 g/mol. The molecule has 3 unspecified atom stereocenters. The molecular formula is C19H18N6. The van der Waals surface area contributed by atoms with Gasteiger partial charge in [0.15, 0.2) is 5.82 Å². The average molecular weight is 330 g/mol. The highest BCUT2D eigenvalue weighted by Gasteiger charge is 2.52. The van der Waals surface area contributed by atoms with Crippen molar-refractivity contribution in [1.82, 2.24) is 25.9 Å². The lowest BCUT2D eigenvalue weighted by Crippen LogP contribution is -2.57. The van der Waals surface area contributed by atoms with Gasteiger partial charge in [0, 0.05) is 12.1 Å². The van der Waals surface area contributed by atoms with Gasteiger partial charge < -0.3 is 5.32 Å². The van der Waals surface area contributed by atoms with Crippen LogP contribution < -0.4 is 5.32 Å². The van der Waals surface area contributed by atoms with E-state index in [2.05, 4.69) is 74.5 Å². The number of aliphatic imine (C=N–C) groups is 1. The van der Waals surface area contributed by atoms with Gasteiger partial charge in [-0.1, -0.05) is 59.8 Å². The lowest BCUT2D eigenvalue weighted by atomic mass is 9.66. The molecule has 2 aliphatic rings. The Hall–Kier alpha value is -2.86. The zero-order valence-corrected chi connectivity index (χ0v) is 13.6. The summed E-state index contributed by atoms with van der Waals surface area (Å²) in [6, 6.07) is 19.1. The van der Waals surface area contributed by atoms with Crippen LogP contribution in [0.1, 0.15) is 34.9 Å². The molecule has 0 aliphatic carbocycles. The molecule has 0 amide bonds. The predicted octanol–water partition coefficient (Wildman–Crippen LogP) is 2.02. The number of tetrazole rings is 1. The van der Waals surface area contributed by atoms with Crippen molar-refractivity contribution in [3.05, 3.63) is 77.1 Å². The summed E-state index contributed by atoms with van der Waals surface area (Å²) in [4.78, 5) is 4.87. The number of hydrogen-bond donors (Lipinski definition) is 2. The quantitative estimate of drug-likeness (QED) is 0.753. The smallest absolute Gasteiger partial charge is 0.199 e. The predicted molar refractivity (Wildman–Crippen MR) is 94.6 cm³/mol. The maximum atomic E-state index is 4.87. The lowest BCUT2D eigenvalue weighted by Gasteiger charge is -2.48. The number of nitrogens with zero attached hydrogens (tertiary/aromatic N) is 4. The Morgan fingerprint density at radius 3 is 2.68 bits per heavy atom. The van der Waals surface area contributed by atoms with E-state index in [0.717, 1.165) is 24.1 Å². The molecule has 1 aromatic heterocycles. The Balaban J connectivity index is 1.80. The second-order valence-corrected chi connectivity index (χ2v) is 6.58. The Morgan fingerprint density at radius 1 is 1.00 bits per heavy atom. The molecule has 0 spiro atoms. The highest BCUT2D eigenvalue weighted by atomic mass is 15.5. The van der Waals surface area contributed by atoms with Crippen molar-refractivity contribution in [2.24, 2.45) is 4.99 Å². The molecule has 3 heterocycles. The molecule has 2 N–H and O–H groups in total. The summed E-state index contributed by atoms with van der Waals surface area (Å²) >= 11 is 0. The van der Waals surface area contributed by atoms with Gasteiger partial charge in [0.05, 0.1) is 6.04 Å². The van der Waals surface area contributed by atoms with Gasteiger partial charge in [-0.15, -0.1) is 10.2 Å². The van der Waals surface area contributed by atoms with Gasteiger partial charge in [0.2, 0.25) is 0 Å². The SMILES string of the molecule is C1=NC2CCNC(c3ccccc3)(c3nn[nH]n3)C2c2ccccc21. The number of aromatic nitrogens is 4. The minimum Gasteiger partial charge on any atom is -0.300 e. The van der Waals surface area contributed by atoms with E-state index in [1.54, 1.807) is 0 Å². The van der Waals surface area contributed by atoms with Crippen molar-refractivity contribution in [3.8, 4) is 0 Å². The molecule has 25 heavy (non-hydrogen) atoms. The Morgan fingerprint density at radius 2 is 1.84 bits per heavy atom. The molecule has 3 aromatic rings. The van der Waals surface area contributed by atoms with Gasteiger partial charge in [0.1, 0.15) is 5.54 Å². The van der Waals surface area contributed by atoms with Crippen molar-refractivity contribution in [1.29, 1.82) is 0 Å². The van der Waals surface area contributed by atoms with Crippen molar-refractivity contribution in [3.63, 3.8) is 0 Å². The van der Waals surface area contributed by atoms with Gasteiger partial charge in [-0.05, 0) is 29.7 Å². The van der Waals surface area contributed by atoms with Crippen molar-refractivity contribution in [2.75, 3.05) is 6.54 Å². The van der Waals surface area contributed by atoms with Gasteiger partial charge in [0.25, 0.3) is 0 Å². The summed E-state index contributed by atoms with van der Waals surface area (Å²) in [6.45, 7) is 0.851. The topological polar surface area (TPSA) is 78.9 Å². The van der Waals surface area contributed by atoms with Crippen LogP contribution in [0, 0.1) is 0 Å². The molecule has 6 nitrogen and oxygen atoms in total. The second-order valence-electron chi connectivity index (χ2n) is 6.58. The summed E-state index contributed by atoms with van der Waals surface area (Å²) in [5, 5.41) is 19.0. The molecule has 0 radical (unpaired) electrons. The van der Waals surface area contributed by atoms with Crippen LogP contribution in [0.2, 0.25) is 0 Å². The minimum atomic E-state index is -0.551. The number of nitrogens with one attached hydrogen (secondary N) is 2. The number of benzene rings is 2. The fraction of sp³-hybridized carbons (Fsp3) is 0.263. The van der Waals surface area contributed by atoms with Crippen molar-refractivity contribution >= 4 is 6.21 Å². The Labute approximate surface area is 145 Å². The molecule has 1 saturated heterocycles. The van der Waals surface area contributed by atoms with Gasteiger partial charge in [-0.2, -0.15) is 5.21 Å². The maximum Gasteiger partial charge on any atom is 0.199 e. The molecule has 0 saturated carbocycles. The van der Waals surface area contributed by atoms with Gasteiger partial charge in [-0.3, -0.25) is 4.99 Å². The molecule has 1 fully saturated rings. The van der Waals surface area contributed by atoms with E-state index in [1.807, 2.05) is 12.3 Å². The highest BCUT2D eigenvalue weighted by molar-refractivity contribution is 5.84. The third-order valence-corrected chi connectivity index (χ3v) is 5.36. The first-order valence-electron chi connectivity index (χ1n) is 8.56. The van der Waals surface area contributed by atoms with Crippen molar-refractivity contribution < 1.29 is 0 Å². The minimum absolute atomic E-state index is 0.113. The van der Waals surface area contributed by atoms with Crippen LogP contribution in [0.25, 0.3) is 0 Å². The van der Waals surface area contributed by atoms with E-state index in [9.17, 15) is 0 Å². The molecule has 5 rings (SSSR count). The van der Waals surface area contributed by atoms with Crippen LogP contribution in [-0.2, 0) is 5.54 Å². The number of piperidine rings is 1. The third-order valence-electron chi connectivity index (χ3n) is 5.36. The van der Waals surface area contributed by atoms with Gasteiger partial charge in [-0.25, -0.2) is 0 Å². The van der Waals surface area contributed by atoms with E-state index in [-0.39, 0.29) is 12.0 Å². The van der Waals surface area contributed by atoms with Crippen LogP contribution in [-0.4, -0.2) is 39.4 Å². The van der Waals surface area contributed by atoms with Crippen LogP contribution in [0.15, 0.2) is 59.6 Å². The third kappa shape index (κ3) is 2.07. The van der Waals surface area contributed by atoms with Crippen LogP contribution in [0.5, 0.6) is 0 Å². The molecule has 2 aromatic carbocycles. The molecule has 2 aliphatic heterocycles. The number of aromatic amines is 1. The van der Waals surface area contributed by atoms with Crippen LogP contribution in [0.4, 0.5) is 0 Å². The highest BCUT2D eigenvalue weighted by Crippen LogP contribution is 2.48. The first kappa shape index (κ1) is 14.5. The molecule has 3 atom stereocenters. The number of hydrogen-bond acceptors (Lipinski definition) is 5. The van der Waals surface area contributed by atoms with Gasteiger partial charge >= 0.3 is 0 Å². The van der Waals surface area contributed by atoms with E-state index >= 15 is 0 Å². The fourth-order valence-corrected chi connectivity index (χ4v) is 4.33. The molecule has 6 heteroatoms. The monoisotopic (exact) mass is 330 g/mol. The summed E-state index contributed by atoms with van der Waals surface area (Å²) in [7, 11) is 0. The zero-order chi connectivity index (χ0) is 16.7. The second kappa shape index (κ2) is 5.60. The molecule has 124 valence electrons. The fourth-order valence-electron chi connectivity index (χ4n) is 4.33. The summed E-state index contributed by atoms with van der Waals surface area (Å²) in [6.07, 6.45) is 3.00. The number of fused-ring (bicyclic) bond motifs is 3. The first-order valence-corrected chi connectivity index (χ1v) is 8.56.